The summed E-state index contributed by atoms with van der Waals surface area (Å²) >= 11 is 1.81. The largest absolute Gasteiger partial charge is 0.317 e. The number of rotatable bonds is 3. The van der Waals surface area contributed by atoms with Gasteiger partial charge in [0.15, 0.2) is 0 Å². The summed E-state index contributed by atoms with van der Waals surface area (Å²) in [5, 5.41) is 3.48. The van der Waals surface area contributed by atoms with E-state index in [1.807, 2.05) is 16.8 Å². The van der Waals surface area contributed by atoms with Crippen LogP contribution < -0.4 is 5.32 Å². The van der Waals surface area contributed by atoms with Crippen molar-refractivity contribution in [3.8, 4) is 0 Å². The molecule has 0 amide bonds. The maximum Gasteiger partial charge on any atom is 0.0798 e. The van der Waals surface area contributed by atoms with Gasteiger partial charge in [0, 0.05) is 11.4 Å². The first-order chi connectivity index (χ1) is 9.33. The molecule has 3 rings (SSSR count). The minimum absolute atomic E-state index is 0.987. The first kappa shape index (κ1) is 13.5. The van der Waals surface area contributed by atoms with Crippen LogP contribution in [0.25, 0.3) is 0 Å². The van der Waals surface area contributed by atoms with Crippen LogP contribution >= 0.6 is 11.3 Å². The van der Waals surface area contributed by atoms with Gasteiger partial charge in [-0.2, -0.15) is 0 Å². The molecule has 1 aromatic heterocycles. The molecule has 4 heteroatoms. The number of aryl methyl sites for hydroxylation is 1. The standard InChI is InChI=1S/C15H25N3S/c1-12-15(19-11-17-12)10-18-8-4-14(5-9-18)13-2-6-16-7-3-13/h11,13-14,16H,2-10H2,1H3. The second-order valence-electron chi connectivity index (χ2n) is 6.06. The zero-order valence-corrected chi connectivity index (χ0v) is 12.7. The highest BCUT2D eigenvalue weighted by molar-refractivity contribution is 7.09. The Kier molecular flexibility index (Phi) is 4.51. The molecule has 2 saturated heterocycles. The zero-order chi connectivity index (χ0) is 13.1. The molecule has 0 aromatic carbocycles. The fourth-order valence-corrected chi connectivity index (χ4v) is 4.40. The normalized spacial score (nSPS) is 23.8. The van der Waals surface area contributed by atoms with Crippen molar-refractivity contribution in [1.82, 2.24) is 15.2 Å². The molecule has 0 radical (unpaired) electrons. The third-order valence-electron chi connectivity index (χ3n) is 4.89. The SMILES string of the molecule is Cc1ncsc1CN1CCC(C2CCNCC2)CC1. The Balaban J connectivity index is 1.48. The van der Waals surface area contributed by atoms with Gasteiger partial charge in [-0.15, -0.1) is 11.3 Å². The number of hydrogen-bond acceptors (Lipinski definition) is 4. The van der Waals surface area contributed by atoms with Crippen molar-refractivity contribution in [3.05, 3.63) is 16.1 Å². The second kappa shape index (κ2) is 6.33. The Bertz CT molecular complexity index is 390. The summed E-state index contributed by atoms with van der Waals surface area (Å²) in [6.45, 7) is 8.30. The summed E-state index contributed by atoms with van der Waals surface area (Å²) in [6.07, 6.45) is 5.61. The molecule has 2 fully saturated rings. The van der Waals surface area contributed by atoms with Gasteiger partial charge >= 0.3 is 0 Å². The van der Waals surface area contributed by atoms with Crippen LogP contribution in [0.4, 0.5) is 0 Å². The molecular weight excluding hydrogens is 254 g/mol. The van der Waals surface area contributed by atoms with Gasteiger partial charge in [0.2, 0.25) is 0 Å². The van der Waals surface area contributed by atoms with E-state index >= 15 is 0 Å². The monoisotopic (exact) mass is 279 g/mol. The third kappa shape index (κ3) is 3.36. The molecule has 2 aliphatic rings. The van der Waals surface area contributed by atoms with Crippen molar-refractivity contribution >= 4 is 11.3 Å². The Hall–Kier alpha value is -0.450. The summed E-state index contributed by atoms with van der Waals surface area (Å²) in [5.41, 5.74) is 3.21. The topological polar surface area (TPSA) is 28.2 Å². The van der Waals surface area contributed by atoms with Crippen molar-refractivity contribution in [2.45, 2.75) is 39.2 Å². The van der Waals surface area contributed by atoms with Crippen molar-refractivity contribution in [2.24, 2.45) is 11.8 Å². The number of nitrogens with zero attached hydrogens (tertiary/aromatic N) is 2. The molecule has 106 valence electrons. The summed E-state index contributed by atoms with van der Waals surface area (Å²) in [5.74, 6) is 1.98. The van der Waals surface area contributed by atoms with Crippen molar-refractivity contribution in [2.75, 3.05) is 26.2 Å². The van der Waals surface area contributed by atoms with E-state index in [9.17, 15) is 0 Å². The molecule has 0 aliphatic carbocycles. The van der Waals surface area contributed by atoms with Crippen LogP contribution in [0.3, 0.4) is 0 Å². The molecule has 3 nitrogen and oxygen atoms in total. The summed E-state index contributed by atoms with van der Waals surface area (Å²) in [7, 11) is 0. The van der Waals surface area contributed by atoms with Gasteiger partial charge in [0.25, 0.3) is 0 Å². The fraction of sp³-hybridized carbons (Fsp3) is 0.800. The highest BCUT2D eigenvalue weighted by atomic mass is 32.1. The molecule has 2 aliphatic heterocycles. The van der Waals surface area contributed by atoms with Crippen molar-refractivity contribution in [1.29, 1.82) is 0 Å². The van der Waals surface area contributed by atoms with Crippen LogP contribution in [-0.2, 0) is 6.54 Å². The van der Waals surface area contributed by atoms with E-state index in [-0.39, 0.29) is 0 Å². The van der Waals surface area contributed by atoms with Crippen molar-refractivity contribution < 1.29 is 0 Å². The van der Waals surface area contributed by atoms with Crippen LogP contribution in [0.2, 0.25) is 0 Å². The molecular formula is C15H25N3S. The van der Waals surface area contributed by atoms with Gasteiger partial charge < -0.3 is 5.32 Å². The third-order valence-corrected chi connectivity index (χ3v) is 5.81. The number of hydrogen-bond donors (Lipinski definition) is 1. The molecule has 0 saturated carbocycles. The maximum absolute atomic E-state index is 4.36. The van der Waals surface area contributed by atoms with E-state index in [0.29, 0.717) is 0 Å². The number of thiazole rings is 1. The lowest BCUT2D eigenvalue weighted by Crippen LogP contribution is -2.39. The smallest absolute Gasteiger partial charge is 0.0798 e. The highest BCUT2D eigenvalue weighted by Crippen LogP contribution is 2.31. The van der Waals surface area contributed by atoms with Crippen LogP contribution in [-0.4, -0.2) is 36.1 Å². The summed E-state index contributed by atoms with van der Waals surface area (Å²) in [6, 6.07) is 0. The molecule has 0 unspecified atom stereocenters. The quantitative estimate of drug-likeness (QED) is 0.922. The van der Waals surface area contributed by atoms with Gasteiger partial charge in [0.1, 0.15) is 0 Å². The maximum atomic E-state index is 4.36. The first-order valence-corrected chi connectivity index (χ1v) is 8.53. The Morgan fingerprint density at radius 2 is 1.89 bits per heavy atom. The zero-order valence-electron chi connectivity index (χ0n) is 11.9. The van der Waals surface area contributed by atoms with Crippen LogP contribution in [0.5, 0.6) is 0 Å². The molecule has 0 atom stereocenters. The lowest BCUT2D eigenvalue weighted by atomic mass is 9.79. The molecule has 0 spiro atoms. The molecule has 1 N–H and O–H groups in total. The Morgan fingerprint density at radius 3 is 2.53 bits per heavy atom. The van der Waals surface area contributed by atoms with Gasteiger partial charge in [-0.25, -0.2) is 4.98 Å². The number of nitrogens with one attached hydrogen (secondary N) is 1. The van der Waals surface area contributed by atoms with Gasteiger partial charge in [-0.05, 0) is 70.6 Å². The Morgan fingerprint density at radius 1 is 1.21 bits per heavy atom. The van der Waals surface area contributed by atoms with Crippen LogP contribution in [0, 0.1) is 18.8 Å². The van der Waals surface area contributed by atoms with Crippen LogP contribution in [0.1, 0.15) is 36.3 Å². The van der Waals surface area contributed by atoms with Crippen LogP contribution in [0.15, 0.2) is 5.51 Å². The van der Waals surface area contributed by atoms with E-state index in [0.717, 1.165) is 18.4 Å². The minimum Gasteiger partial charge on any atom is -0.317 e. The summed E-state index contributed by atoms with van der Waals surface area (Å²) < 4.78 is 0. The predicted molar refractivity (Wildman–Crippen MR) is 80.4 cm³/mol. The molecule has 3 heterocycles. The second-order valence-corrected chi connectivity index (χ2v) is 7.00. The number of piperidine rings is 2. The van der Waals surface area contributed by atoms with E-state index in [1.54, 1.807) is 0 Å². The minimum atomic E-state index is 0.987. The fourth-order valence-electron chi connectivity index (χ4n) is 3.58. The molecule has 0 bridgehead atoms. The van der Waals surface area contributed by atoms with E-state index in [2.05, 4.69) is 22.1 Å². The average Bonchev–Trinajstić information content (AvgIpc) is 2.86. The summed E-state index contributed by atoms with van der Waals surface area (Å²) in [4.78, 5) is 8.44. The average molecular weight is 279 g/mol. The first-order valence-electron chi connectivity index (χ1n) is 7.65. The van der Waals surface area contributed by atoms with Gasteiger partial charge in [0.05, 0.1) is 11.2 Å². The van der Waals surface area contributed by atoms with E-state index < -0.39 is 0 Å². The van der Waals surface area contributed by atoms with E-state index in [4.69, 9.17) is 0 Å². The number of aromatic nitrogens is 1. The molecule has 19 heavy (non-hydrogen) atoms. The predicted octanol–water partition coefficient (Wildman–Crippen LogP) is 2.66. The van der Waals surface area contributed by atoms with Gasteiger partial charge in [-0.1, -0.05) is 0 Å². The van der Waals surface area contributed by atoms with Crippen molar-refractivity contribution in [3.63, 3.8) is 0 Å². The lowest BCUT2D eigenvalue weighted by molar-refractivity contribution is 0.126. The Labute approximate surface area is 120 Å². The molecule has 1 aromatic rings. The highest BCUT2D eigenvalue weighted by Gasteiger charge is 2.27. The van der Waals surface area contributed by atoms with Gasteiger partial charge in [-0.3, -0.25) is 4.90 Å². The van der Waals surface area contributed by atoms with E-state index in [1.165, 1.54) is 62.4 Å². The number of likely N-dealkylation sites (tertiary alicyclic amines) is 1. The lowest BCUT2D eigenvalue weighted by Gasteiger charge is -2.37.